The Morgan fingerprint density at radius 1 is 1.44 bits per heavy atom. The van der Waals surface area contributed by atoms with Crippen molar-refractivity contribution in [3.8, 4) is 0 Å². The Bertz CT molecular complexity index is 413. The van der Waals surface area contributed by atoms with Crippen LogP contribution in [0.3, 0.4) is 0 Å². The lowest BCUT2D eigenvalue weighted by molar-refractivity contribution is 0.195. The summed E-state index contributed by atoms with van der Waals surface area (Å²) in [6.07, 6.45) is -1.13. The zero-order valence-electron chi connectivity index (χ0n) is 9.49. The molecule has 16 heavy (non-hydrogen) atoms. The number of nitrogens with zero attached hydrogens (tertiary/aromatic N) is 1. The van der Waals surface area contributed by atoms with Crippen molar-refractivity contribution in [1.29, 1.82) is 0 Å². The molecule has 0 aliphatic heterocycles. The lowest BCUT2D eigenvalue weighted by Gasteiger charge is -2.33. The van der Waals surface area contributed by atoms with Crippen LogP contribution >= 0.6 is 0 Å². The summed E-state index contributed by atoms with van der Waals surface area (Å²) in [7, 11) is 0. The number of hydrogen-bond donors (Lipinski definition) is 2. The van der Waals surface area contributed by atoms with E-state index in [2.05, 4.69) is 0 Å². The molecule has 0 aromatic heterocycles. The number of amides is 1. The van der Waals surface area contributed by atoms with Gasteiger partial charge >= 0.3 is 6.09 Å². The monoisotopic (exact) mass is 226 g/mol. The minimum atomic E-state index is -1.13. The molecule has 0 saturated heterocycles. The van der Waals surface area contributed by atoms with Gasteiger partial charge in [0.15, 0.2) is 0 Å². The Morgan fingerprint density at radius 3 is 2.38 bits per heavy atom. The van der Waals surface area contributed by atoms with Crippen LogP contribution in [0.1, 0.15) is 20.8 Å². The summed E-state index contributed by atoms with van der Waals surface area (Å²) in [5.41, 5.74) is 4.96. The predicted octanol–water partition coefficient (Wildman–Crippen LogP) is 2.69. The molecule has 4 nitrogen and oxygen atoms in total. The number of benzene rings is 1. The third kappa shape index (κ3) is 2.42. The van der Waals surface area contributed by atoms with Crippen molar-refractivity contribution in [1.82, 2.24) is 0 Å². The highest BCUT2D eigenvalue weighted by Crippen LogP contribution is 2.26. The SMILES string of the molecule is CC(C)(C)N(C(=O)O)c1ccc(N)c(F)c1. The van der Waals surface area contributed by atoms with Gasteiger partial charge in [0.2, 0.25) is 0 Å². The number of nitrogen functional groups attached to an aromatic ring is 1. The number of carbonyl (C=O) groups is 1. The van der Waals surface area contributed by atoms with E-state index in [0.29, 0.717) is 0 Å². The van der Waals surface area contributed by atoms with Crippen molar-refractivity contribution < 1.29 is 14.3 Å². The van der Waals surface area contributed by atoms with Crippen LogP contribution in [0, 0.1) is 5.82 Å². The van der Waals surface area contributed by atoms with E-state index in [9.17, 15) is 9.18 Å². The van der Waals surface area contributed by atoms with E-state index in [1.54, 1.807) is 20.8 Å². The van der Waals surface area contributed by atoms with Crippen LogP contribution in [0.15, 0.2) is 18.2 Å². The van der Waals surface area contributed by atoms with E-state index in [0.717, 1.165) is 11.0 Å². The number of anilines is 2. The van der Waals surface area contributed by atoms with E-state index in [4.69, 9.17) is 10.8 Å². The van der Waals surface area contributed by atoms with Crippen molar-refractivity contribution in [2.75, 3.05) is 10.6 Å². The number of hydrogen-bond acceptors (Lipinski definition) is 2. The predicted molar refractivity (Wildman–Crippen MR) is 61.1 cm³/mol. The van der Waals surface area contributed by atoms with Gasteiger partial charge in [0.25, 0.3) is 0 Å². The van der Waals surface area contributed by atoms with Gasteiger partial charge in [-0.2, -0.15) is 0 Å². The van der Waals surface area contributed by atoms with E-state index in [1.807, 2.05) is 0 Å². The van der Waals surface area contributed by atoms with E-state index in [1.165, 1.54) is 12.1 Å². The molecule has 1 rings (SSSR count). The summed E-state index contributed by atoms with van der Waals surface area (Å²) in [4.78, 5) is 12.2. The fourth-order valence-corrected chi connectivity index (χ4v) is 1.44. The molecule has 1 amide bonds. The van der Waals surface area contributed by atoms with Gasteiger partial charge in [-0.3, -0.25) is 4.90 Å². The molecule has 5 heteroatoms. The largest absolute Gasteiger partial charge is 0.465 e. The fourth-order valence-electron chi connectivity index (χ4n) is 1.44. The van der Waals surface area contributed by atoms with Crippen LogP contribution in [0.25, 0.3) is 0 Å². The maximum atomic E-state index is 13.2. The highest BCUT2D eigenvalue weighted by Gasteiger charge is 2.28. The number of carboxylic acid groups (broad SMARTS) is 1. The molecular weight excluding hydrogens is 211 g/mol. The Balaban J connectivity index is 3.22. The maximum absolute atomic E-state index is 13.2. The summed E-state index contributed by atoms with van der Waals surface area (Å²) >= 11 is 0. The average Bonchev–Trinajstić information content (AvgIpc) is 2.08. The Labute approximate surface area is 93.5 Å². The highest BCUT2D eigenvalue weighted by atomic mass is 19.1. The quantitative estimate of drug-likeness (QED) is 0.723. The lowest BCUT2D eigenvalue weighted by atomic mass is 10.1. The number of halogens is 1. The summed E-state index contributed by atoms with van der Waals surface area (Å²) in [6.45, 7) is 5.19. The number of rotatable bonds is 1. The molecular formula is C11H15FN2O2. The lowest BCUT2D eigenvalue weighted by Crippen LogP contribution is -2.45. The van der Waals surface area contributed by atoms with Crippen molar-refractivity contribution >= 4 is 17.5 Å². The van der Waals surface area contributed by atoms with Gasteiger partial charge in [0.05, 0.1) is 11.4 Å². The third-order valence-electron chi connectivity index (χ3n) is 2.10. The fraction of sp³-hybridized carbons (Fsp3) is 0.364. The summed E-state index contributed by atoms with van der Waals surface area (Å²) in [6, 6.07) is 3.96. The summed E-state index contributed by atoms with van der Waals surface area (Å²) in [5.74, 6) is -0.618. The van der Waals surface area contributed by atoms with E-state index >= 15 is 0 Å². The normalized spacial score (nSPS) is 11.2. The first-order chi connectivity index (χ1) is 7.23. The van der Waals surface area contributed by atoms with Gasteiger partial charge in [-0.05, 0) is 39.0 Å². The minimum Gasteiger partial charge on any atom is -0.465 e. The summed E-state index contributed by atoms with van der Waals surface area (Å²) < 4.78 is 13.2. The molecule has 0 atom stereocenters. The van der Waals surface area contributed by atoms with Gasteiger partial charge < -0.3 is 10.8 Å². The molecule has 0 radical (unpaired) electrons. The molecule has 0 fully saturated rings. The standard InChI is InChI=1S/C11H15FN2O2/c1-11(2,3)14(10(15)16)7-4-5-9(13)8(12)6-7/h4-6H,13H2,1-3H3,(H,15,16). The third-order valence-corrected chi connectivity index (χ3v) is 2.10. The molecule has 0 spiro atoms. The second-order valence-corrected chi connectivity index (χ2v) is 4.49. The van der Waals surface area contributed by atoms with Gasteiger partial charge in [-0.15, -0.1) is 0 Å². The van der Waals surface area contributed by atoms with Gasteiger partial charge in [0, 0.05) is 5.54 Å². The topological polar surface area (TPSA) is 66.6 Å². The molecule has 0 aliphatic carbocycles. The molecule has 88 valence electrons. The van der Waals surface area contributed by atoms with E-state index in [-0.39, 0.29) is 11.4 Å². The smallest absolute Gasteiger partial charge is 0.412 e. The Kier molecular flexibility index (Phi) is 3.07. The van der Waals surface area contributed by atoms with Crippen LogP contribution < -0.4 is 10.6 Å². The second kappa shape index (κ2) is 4.00. The molecule has 0 bridgehead atoms. The van der Waals surface area contributed by atoms with Crippen molar-refractivity contribution in [2.45, 2.75) is 26.3 Å². The van der Waals surface area contributed by atoms with Crippen LogP contribution in [-0.2, 0) is 0 Å². The van der Waals surface area contributed by atoms with Crippen LogP contribution in [0.5, 0.6) is 0 Å². The Hall–Kier alpha value is -1.78. The van der Waals surface area contributed by atoms with Crippen LogP contribution in [0.2, 0.25) is 0 Å². The highest BCUT2D eigenvalue weighted by molar-refractivity contribution is 5.87. The number of nitrogens with two attached hydrogens (primary N) is 1. The van der Waals surface area contributed by atoms with Crippen molar-refractivity contribution in [2.24, 2.45) is 0 Å². The molecule has 0 heterocycles. The van der Waals surface area contributed by atoms with E-state index < -0.39 is 17.4 Å². The first-order valence-electron chi connectivity index (χ1n) is 4.81. The first kappa shape index (κ1) is 12.3. The molecule has 1 aromatic carbocycles. The summed E-state index contributed by atoms with van der Waals surface area (Å²) in [5, 5.41) is 9.09. The first-order valence-corrected chi connectivity index (χ1v) is 4.81. The molecule has 1 aromatic rings. The van der Waals surface area contributed by atoms with Gasteiger partial charge in [-0.1, -0.05) is 0 Å². The van der Waals surface area contributed by atoms with Crippen molar-refractivity contribution in [3.63, 3.8) is 0 Å². The minimum absolute atomic E-state index is 0.00278. The van der Waals surface area contributed by atoms with Gasteiger partial charge in [-0.25, -0.2) is 9.18 Å². The second-order valence-electron chi connectivity index (χ2n) is 4.49. The van der Waals surface area contributed by atoms with Crippen LogP contribution in [-0.4, -0.2) is 16.7 Å². The Morgan fingerprint density at radius 2 is 2.00 bits per heavy atom. The van der Waals surface area contributed by atoms with Crippen LogP contribution in [0.4, 0.5) is 20.6 Å². The zero-order chi connectivity index (χ0) is 12.5. The average molecular weight is 226 g/mol. The molecule has 0 aliphatic rings. The van der Waals surface area contributed by atoms with Gasteiger partial charge in [0.1, 0.15) is 5.82 Å². The maximum Gasteiger partial charge on any atom is 0.412 e. The molecule has 0 unspecified atom stereocenters. The molecule has 0 saturated carbocycles. The van der Waals surface area contributed by atoms with Crippen molar-refractivity contribution in [3.05, 3.63) is 24.0 Å². The molecule has 3 N–H and O–H groups in total. The zero-order valence-corrected chi connectivity index (χ0v) is 9.49.